The van der Waals surface area contributed by atoms with E-state index in [4.69, 9.17) is 16.3 Å². The maximum absolute atomic E-state index is 12.6. The minimum Gasteiger partial charge on any atom is -0.496 e. The Bertz CT molecular complexity index is 795. The predicted octanol–water partition coefficient (Wildman–Crippen LogP) is 3.46. The highest BCUT2D eigenvalue weighted by Crippen LogP contribution is 2.27. The second-order valence-corrected chi connectivity index (χ2v) is 4.71. The van der Waals surface area contributed by atoms with Gasteiger partial charge in [-0.05, 0) is 30.3 Å². The molecular weight excluding hydrogens is 276 g/mol. The molecule has 0 amide bonds. The minimum absolute atomic E-state index is 0.127. The largest absolute Gasteiger partial charge is 0.496 e. The highest BCUT2D eigenvalue weighted by molar-refractivity contribution is 6.31. The lowest BCUT2D eigenvalue weighted by atomic mass is 10.0. The molecule has 1 aromatic carbocycles. The maximum atomic E-state index is 12.6. The molecule has 0 spiro atoms. The molecule has 3 aromatic rings. The number of benzene rings is 1. The van der Waals surface area contributed by atoms with E-state index >= 15 is 0 Å². The summed E-state index contributed by atoms with van der Waals surface area (Å²) in [5, 5.41) is 1.31. The van der Waals surface area contributed by atoms with Gasteiger partial charge in [0, 0.05) is 28.4 Å². The average Bonchev–Trinajstić information content (AvgIpc) is 2.90. The molecule has 0 aliphatic rings. The molecule has 100 valence electrons. The molecule has 2 heterocycles. The number of nitrogens with zero attached hydrogens (tertiary/aromatic N) is 1. The van der Waals surface area contributed by atoms with Crippen molar-refractivity contribution < 1.29 is 9.53 Å². The third-order valence-electron chi connectivity index (χ3n) is 3.10. The zero-order chi connectivity index (χ0) is 14.1. The van der Waals surface area contributed by atoms with Crippen LogP contribution in [0.5, 0.6) is 5.75 Å². The van der Waals surface area contributed by atoms with Gasteiger partial charge >= 0.3 is 0 Å². The molecule has 3 rings (SSSR count). The summed E-state index contributed by atoms with van der Waals surface area (Å²) in [6.07, 6.45) is 3.34. The van der Waals surface area contributed by atoms with Gasteiger partial charge < -0.3 is 9.72 Å². The van der Waals surface area contributed by atoms with Gasteiger partial charge in [0.2, 0.25) is 0 Å². The van der Waals surface area contributed by atoms with Gasteiger partial charge in [0.15, 0.2) is 5.78 Å². The molecule has 0 fully saturated rings. The first-order valence-electron chi connectivity index (χ1n) is 6.01. The molecule has 5 heteroatoms. The van der Waals surface area contributed by atoms with E-state index in [9.17, 15) is 4.79 Å². The van der Waals surface area contributed by atoms with E-state index in [1.54, 1.807) is 36.7 Å². The summed E-state index contributed by atoms with van der Waals surface area (Å²) in [5.74, 6) is 0.332. The number of aromatic amines is 1. The lowest BCUT2D eigenvalue weighted by molar-refractivity contribution is 0.103. The number of rotatable bonds is 3. The number of ether oxygens (including phenoxy) is 1. The van der Waals surface area contributed by atoms with Crippen LogP contribution in [0.1, 0.15) is 15.9 Å². The van der Waals surface area contributed by atoms with Crippen LogP contribution in [0, 0.1) is 0 Å². The minimum atomic E-state index is -0.127. The van der Waals surface area contributed by atoms with Crippen LogP contribution in [-0.4, -0.2) is 22.9 Å². The molecule has 0 atom stereocenters. The van der Waals surface area contributed by atoms with E-state index in [1.165, 1.54) is 7.11 Å². The zero-order valence-electron chi connectivity index (χ0n) is 10.7. The van der Waals surface area contributed by atoms with Crippen LogP contribution in [-0.2, 0) is 0 Å². The van der Waals surface area contributed by atoms with Crippen molar-refractivity contribution in [2.24, 2.45) is 0 Å². The molecule has 2 aromatic heterocycles. The Morgan fingerprint density at radius 2 is 2.15 bits per heavy atom. The molecule has 0 bridgehead atoms. The number of carbonyl (C=O) groups excluding carboxylic acids is 1. The van der Waals surface area contributed by atoms with E-state index in [-0.39, 0.29) is 5.78 Å². The molecule has 0 saturated carbocycles. The van der Waals surface area contributed by atoms with Gasteiger partial charge in [-0.3, -0.25) is 4.79 Å². The van der Waals surface area contributed by atoms with E-state index in [0.717, 1.165) is 5.39 Å². The summed E-state index contributed by atoms with van der Waals surface area (Å²) in [4.78, 5) is 19.8. The van der Waals surface area contributed by atoms with Crippen LogP contribution in [0.3, 0.4) is 0 Å². The van der Waals surface area contributed by atoms with Crippen molar-refractivity contribution in [3.05, 3.63) is 58.9 Å². The Balaban J connectivity index is 2.13. The molecule has 0 unspecified atom stereocenters. The Morgan fingerprint density at radius 3 is 2.95 bits per heavy atom. The van der Waals surface area contributed by atoms with Crippen LogP contribution in [0.2, 0.25) is 5.02 Å². The second-order valence-electron chi connectivity index (χ2n) is 4.28. The number of methoxy groups -OCH3 is 1. The Kier molecular flexibility index (Phi) is 3.16. The SMILES string of the molecule is COc1cc(Cl)ccc1C(=O)c1c[nH]c2ncccc12. The fourth-order valence-corrected chi connectivity index (χ4v) is 2.30. The second kappa shape index (κ2) is 4.98. The monoisotopic (exact) mass is 286 g/mol. The number of ketones is 1. The third-order valence-corrected chi connectivity index (χ3v) is 3.34. The van der Waals surface area contributed by atoms with Gasteiger partial charge in [0.25, 0.3) is 0 Å². The van der Waals surface area contributed by atoms with Crippen LogP contribution in [0.4, 0.5) is 0 Å². The van der Waals surface area contributed by atoms with Gasteiger partial charge in [0.1, 0.15) is 11.4 Å². The van der Waals surface area contributed by atoms with Gasteiger partial charge in [-0.15, -0.1) is 0 Å². The zero-order valence-corrected chi connectivity index (χ0v) is 11.4. The Labute approximate surface area is 120 Å². The van der Waals surface area contributed by atoms with Gasteiger partial charge in [0.05, 0.1) is 12.7 Å². The first-order valence-corrected chi connectivity index (χ1v) is 6.39. The van der Waals surface area contributed by atoms with E-state index in [0.29, 0.717) is 27.5 Å². The van der Waals surface area contributed by atoms with Crippen molar-refractivity contribution >= 4 is 28.4 Å². The molecule has 4 nitrogen and oxygen atoms in total. The number of fused-ring (bicyclic) bond motifs is 1. The van der Waals surface area contributed by atoms with Gasteiger partial charge in [-0.2, -0.15) is 0 Å². The Hall–Kier alpha value is -2.33. The quantitative estimate of drug-likeness (QED) is 0.750. The molecule has 0 aliphatic carbocycles. The van der Waals surface area contributed by atoms with E-state index < -0.39 is 0 Å². The van der Waals surface area contributed by atoms with Crippen molar-refractivity contribution in [3.8, 4) is 5.75 Å². The van der Waals surface area contributed by atoms with Crippen LogP contribution >= 0.6 is 11.6 Å². The number of aromatic nitrogens is 2. The Morgan fingerprint density at radius 1 is 1.30 bits per heavy atom. The summed E-state index contributed by atoms with van der Waals surface area (Å²) >= 11 is 5.91. The first-order chi connectivity index (χ1) is 9.70. The van der Waals surface area contributed by atoms with Crippen LogP contribution in [0.25, 0.3) is 11.0 Å². The standard InChI is InChI=1S/C15H11ClN2O2/c1-20-13-7-9(16)4-5-11(13)14(19)12-8-18-15-10(12)3-2-6-17-15/h2-8H,1H3,(H,17,18). The highest BCUT2D eigenvalue weighted by Gasteiger charge is 2.18. The number of carbonyl (C=O) groups is 1. The summed E-state index contributed by atoms with van der Waals surface area (Å²) in [5.41, 5.74) is 1.72. The summed E-state index contributed by atoms with van der Waals surface area (Å²) in [7, 11) is 1.51. The van der Waals surface area contributed by atoms with Gasteiger partial charge in [-0.25, -0.2) is 4.98 Å². The smallest absolute Gasteiger partial charge is 0.198 e. The maximum Gasteiger partial charge on any atom is 0.198 e. The predicted molar refractivity (Wildman–Crippen MR) is 77.5 cm³/mol. The number of pyridine rings is 1. The molecule has 1 N–H and O–H groups in total. The average molecular weight is 287 g/mol. The molecule has 20 heavy (non-hydrogen) atoms. The number of H-pyrrole nitrogens is 1. The summed E-state index contributed by atoms with van der Waals surface area (Å²) < 4.78 is 5.23. The molecule has 0 saturated heterocycles. The van der Waals surface area contributed by atoms with Crippen molar-refractivity contribution in [2.75, 3.05) is 7.11 Å². The lowest BCUT2D eigenvalue weighted by Gasteiger charge is -2.07. The third kappa shape index (κ3) is 2.04. The topological polar surface area (TPSA) is 55.0 Å². The van der Waals surface area contributed by atoms with Gasteiger partial charge in [-0.1, -0.05) is 11.6 Å². The fraction of sp³-hybridized carbons (Fsp3) is 0.0667. The number of hydrogen-bond donors (Lipinski definition) is 1. The summed E-state index contributed by atoms with van der Waals surface area (Å²) in [6, 6.07) is 8.62. The lowest BCUT2D eigenvalue weighted by Crippen LogP contribution is -2.03. The number of hydrogen-bond acceptors (Lipinski definition) is 3. The van der Waals surface area contributed by atoms with Crippen LogP contribution in [0.15, 0.2) is 42.7 Å². The van der Waals surface area contributed by atoms with Crippen molar-refractivity contribution in [1.29, 1.82) is 0 Å². The van der Waals surface area contributed by atoms with Crippen molar-refractivity contribution in [3.63, 3.8) is 0 Å². The normalized spacial score (nSPS) is 10.7. The van der Waals surface area contributed by atoms with Crippen molar-refractivity contribution in [1.82, 2.24) is 9.97 Å². The first kappa shape index (κ1) is 12.7. The van der Waals surface area contributed by atoms with Crippen LogP contribution < -0.4 is 4.74 Å². The van der Waals surface area contributed by atoms with E-state index in [2.05, 4.69) is 9.97 Å². The molecule has 0 radical (unpaired) electrons. The van der Waals surface area contributed by atoms with E-state index in [1.807, 2.05) is 6.07 Å². The highest BCUT2D eigenvalue weighted by atomic mass is 35.5. The molecule has 0 aliphatic heterocycles. The number of halogens is 1. The number of nitrogens with one attached hydrogen (secondary N) is 1. The summed E-state index contributed by atoms with van der Waals surface area (Å²) in [6.45, 7) is 0. The fourth-order valence-electron chi connectivity index (χ4n) is 2.14. The van der Waals surface area contributed by atoms with Crippen molar-refractivity contribution in [2.45, 2.75) is 0 Å². The molecular formula is C15H11ClN2O2.